The van der Waals surface area contributed by atoms with Crippen molar-refractivity contribution in [1.29, 1.82) is 0 Å². The third-order valence-corrected chi connectivity index (χ3v) is 12.2. The lowest BCUT2D eigenvalue weighted by molar-refractivity contribution is -0.192. The molecule has 0 aliphatic heterocycles. The van der Waals surface area contributed by atoms with E-state index < -0.39 is 0 Å². The Labute approximate surface area is 193 Å². The predicted molar refractivity (Wildman–Crippen MR) is 132 cm³/mol. The lowest BCUT2D eigenvalue weighted by Gasteiger charge is -2.66. The van der Waals surface area contributed by atoms with Gasteiger partial charge in [0.1, 0.15) is 5.78 Å². The van der Waals surface area contributed by atoms with Crippen molar-refractivity contribution >= 4 is 5.78 Å². The molecule has 0 amide bonds. The number of carbonyl (C=O) groups excluding carboxylic acids is 1. The third kappa shape index (κ3) is 3.41. The second-order valence-electron chi connectivity index (χ2n) is 14.4. The van der Waals surface area contributed by atoms with E-state index in [0.717, 1.165) is 30.1 Å². The first kappa shape index (κ1) is 23.8. The van der Waals surface area contributed by atoms with Gasteiger partial charge in [-0.05, 0) is 90.3 Å². The Balaban J connectivity index is 1.62. The first-order valence-corrected chi connectivity index (χ1v) is 13.9. The molecule has 0 bridgehead atoms. The summed E-state index contributed by atoms with van der Waals surface area (Å²) in [4.78, 5) is 14.2. The van der Waals surface area contributed by atoms with Crippen molar-refractivity contribution in [3.8, 4) is 0 Å². The maximum Gasteiger partial charge on any atom is 0.139 e. The molecule has 4 saturated carbocycles. The van der Waals surface area contributed by atoms with Crippen molar-refractivity contribution in [1.82, 2.24) is 0 Å². The fourth-order valence-electron chi connectivity index (χ4n) is 10.2. The van der Waals surface area contributed by atoms with E-state index in [9.17, 15) is 4.79 Å². The predicted octanol–water partition coefficient (Wildman–Crippen LogP) is 8.70. The third-order valence-electron chi connectivity index (χ3n) is 12.2. The van der Waals surface area contributed by atoms with E-state index in [0.29, 0.717) is 28.4 Å². The zero-order valence-electron chi connectivity index (χ0n) is 22.2. The summed E-state index contributed by atoms with van der Waals surface area (Å²) in [6, 6.07) is 0. The highest BCUT2D eigenvalue weighted by Crippen LogP contribution is 2.74. The van der Waals surface area contributed by atoms with E-state index in [-0.39, 0.29) is 10.8 Å². The molecule has 1 heteroatoms. The van der Waals surface area contributed by atoms with E-state index in [2.05, 4.69) is 55.4 Å². The molecule has 0 heterocycles. The van der Waals surface area contributed by atoms with Gasteiger partial charge >= 0.3 is 0 Å². The molecule has 0 aromatic heterocycles. The standard InChI is InChI=1S/C30H52O/c1-20(2)11-9-12-21(3)22-16-18-28(6)25-15-14-23-24(13-10-17-27(23,4)5)30(25,8)26(31)19-29(22,28)7/h20-25H,9-19H2,1-8H3/t21-,22-,23-,24-,25+,28+,29-,30+/m1/s1. The first-order chi connectivity index (χ1) is 14.4. The SMILES string of the molecule is CC(C)CCC[C@@H](C)[C@H]1CC[C@@]2(C)[C@@H]3CC[C@@H]4[C@@H](CCCC4(C)C)[C@]3(C)C(=O)C[C@]12C. The molecule has 0 unspecified atom stereocenters. The minimum Gasteiger partial charge on any atom is -0.299 e. The van der Waals surface area contributed by atoms with Crippen LogP contribution in [0.15, 0.2) is 0 Å². The van der Waals surface area contributed by atoms with E-state index >= 15 is 0 Å². The van der Waals surface area contributed by atoms with Crippen LogP contribution in [-0.2, 0) is 4.79 Å². The average Bonchev–Trinajstić information content (AvgIpc) is 2.93. The second kappa shape index (κ2) is 7.87. The quantitative estimate of drug-likeness (QED) is 0.428. The maximum absolute atomic E-state index is 14.2. The Morgan fingerprint density at radius 3 is 2.23 bits per heavy atom. The van der Waals surface area contributed by atoms with Gasteiger partial charge in [-0.15, -0.1) is 0 Å². The molecule has 0 spiro atoms. The topological polar surface area (TPSA) is 17.1 Å². The van der Waals surface area contributed by atoms with Gasteiger partial charge in [-0.3, -0.25) is 4.79 Å². The van der Waals surface area contributed by atoms with Crippen LogP contribution in [0.4, 0.5) is 0 Å². The van der Waals surface area contributed by atoms with Crippen LogP contribution >= 0.6 is 0 Å². The Hall–Kier alpha value is -0.330. The molecule has 4 rings (SSSR count). The Morgan fingerprint density at radius 1 is 0.839 bits per heavy atom. The highest BCUT2D eigenvalue weighted by atomic mass is 16.1. The summed E-state index contributed by atoms with van der Waals surface area (Å²) in [5.41, 5.74) is 0.911. The van der Waals surface area contributed by atoms with Crippen molar-refractivity contribution in [2.45, 2.75) is 126 Å². The number of hydrogen-bond acceptors (Lipinski definition) is 1. The average molecular weight is 429 g/mol. The van der Waals surface area contributed by atoms with Crippen LogP contribution in [0.1, 0.15) is 126 Å². The Morgan fingerprint density at radius 2 is 1.55 bits per heavy atom. The van der Waals surface area contributed by atoms with Gasteiger partial charge in [0.05, 0.1) is 0 Å². The monoisotopic (exact) mass is 428 g/mol. The van der Waals surface area contributed by atoms with Gasteiger partial charge in [-0.1, -0.05) is 81.1 Å². The number of carbonyl (C=O) groups is 1. The van der Waals surface area contributed by atoms with Gasteiger partial charge in [0.2, 0.25) is 0 Å². The van der Waals surface area contributed by atoms with Crippen molar-refractivity contribution in [3.63, 3.8) is 0 Å². The molecule has 4 aliphatic rings. The van der Waals surface area contributed by atoms with E-state index in [4.69, 9.17) is 0 Å². The van der Waals surface area contributed by atoms with E-state index in [1.54, 1.807) is 0 Å². The summed E-state index contributed by atoms with van der Waals surface area (Å²) >= 11 is 0. The first-order valence-electron chi connectivity index (χ1n) is 13.9. The van der Waals surface area contributed by atoms with Crippen molar-refractivity contribution < 1.29 is 4.79 Å². The molecule has 178 valence electrons. The highest BCUT2D eigenvalue weighted by Gasteiger charge is 2.70. The zero-order valence-corrected chi connectivity index (χ0v) is 22.2. The molecule has 4 aliphatic carbocycles. The van der Waals surface area contributed by atoms with Gasteiger partial charge in [-0.25, -0.2) is 0 Å². The van der Waals surface area contributed by atoms with Crippen LogP contribution in [0.2, 0.25) is 0 Å². The number of ketones is 1. The molecule has 0 aromatic rings. The van der Waals surface area contributed by atoms with E-state index in [1.807, 2.05) is 0 Å². The van der Waals surface area contributed by atoms with E-state index in [1.165, 1.54) is 64.2 Å². The fraction of sp³-hybridized carbons (Fsp3) is 0.967. The summed E-state index contributed by atoms with van der Waals surface area (Å²) in [5.74, 6) is 4.95. The summed E-state index contributed by atoms with van der Waals surface area (Å²) in [7, 11) is 0. The molecule has 0 aromatic carbocycles. The second-order valence-corrected chi connectivity index (χ2v) is 14.4. The van der Waals surface area contributed by atoms with Crippen molar-refractivity contribution in [2.24, 2.45) is 57.2 Å². The van der Waals surface area contributed by atoms with Crippen LogP contribution in [0.25, 0.3) is 0 Å². The number of hydrogen-bond donors (Lipinski definition) is 0. The van der Waals surface area contributed by atoms with Crippen LogP contribution in [0, 0.1) is 57.2 Å². The molecular formula is C30H52O. The summed E-state index contributed by atoms with van der Waals surface area (Å²) in [6.45, 7) is 19.8. The fourth-order valence-corrected chi connectivity index (χ4v) is 10.2. The number of rotatable bonds is 5. The summed E-state index contributed by atoms with van der Waals surface area (Å²) in [6.07, 6.45) is 14.3. The van der Waals surface area contributed by atoms with Crippen LogP contribution < -0.4 is 0 Å². The van der Waals surface area contributed by atoms with Crippen LogP contribution in [0.5, 0.6) is 0 Å². The van der Waals surface area contributed by atoms with Gasteiger partial charge < -0.3 is 0 Å². The molecule has 8 atom stereocenters. The number of fused-ring (bicyclic) bond motifs is 5. The summed E-state index contributed by atoms with van der Waals surface area (Å²) < 4.78 is 0. The maximum atomic E-state index is 14.2. The molecule has 1 nitrogen and oxygen atoms in total. The molecule has 31 heavy (non-hydrogen) atoms. The summed E-state index contributed by atoms with van der Waals surface area (Å²) in [5, 5.41) is 0. The smallest absolute Gasteiger partial charge is 0.139 e. The highest BCUT2D eigenvalue weighted by molar-refractivity contribution is 5.87. The molecular weight excluding hydrogens is 376 g/mol. The zero-order chi connectivity index (χ0) is 22.8. The lowest BCUT2D eigenvalue weighted by atomic mass is 9.37. The van der Waals surface area contributed by atoms with Gasteiger partial charge in [-0.2, -0.15) is 0 Å². The minimum atomic E-state index is -0.0648. The molecule has 0 radical (unpaired) electrons. The Bertz CT molecular complexity index is 691. The van der Waals surface area contributed by atoms with Gasteiger partial charge in [0.15, 0.2) is 0 Å². The molecule has 4 fully saturated rings. The minimum absolute atomic E-state index is 0.0648. The van der Waals surface area contributed by atoms with Crippen molar-refractivity contribution in [2.75, 3.05) is 0 Å². The van der Waals surface area contributed by atoms with Gasteiger partial charge in [0, 0.05) is 11.8 Å². The molecule has 0 N–H and O–H groups in total. The normalized spacial score (nSPS) is 47.6. The molecule has 0 saturated heterocycles. The van der Waals surface area contributed by atoms with Crippen LogP contribution in [0.3, 0.4) is 0 Å². The van der Waals surface area contributed by atoms with Crippen molar-refractivity contribution in [3.05, 3.63) is 0 Å². The van der Waals surface area contributed by atoms with Gasteiger partial charge in [0.25, 0.3) is 0 Å². The number of Topliss-reactive ketones (excluding diaryl/α,β-unsaturated/α-hetero) is 1. The Kier molecular flexibility index (Phi) is 6.05. The van der Waals surface area contributed by atoms with Crippen LogP contribution in [-0.4, -0.2) is 5.78 Å². The lowest BCUT2D eigenvalue weighted by Crippen LogP contribution is -2.64. The largest absolute Gasteiger partial charge is 0.299 e.